The highest BCUT2D eigenvalue weighted by Crippen LogP contribution is 2.18. The first-order valence-electron chi connectivity index (χ1n) is 7.52. The summed E-state index contributed by atoms with van der Waals surface area (Å²) in [6.45, 7) is 4.08. The van der Waals surface area contributed by atoms with Crippen LogP contribution in [-0.2, 0) is 20.0 Å². The number of rotatable bonds is 5. The molecule has 3 aromatic rings. The van der Waals surface area contributed by atoms with Gasteiger partial charge in [0.25, 0.3) is 5.89 Å². The van der Waals surface area contributed by atoms with Gasteiger partial charge in [-0.05, 0) is 25.5 Å². The molecule has 0 aliphatic carbocycles. The van der Waals surface area contributed by atoms with Gasteiger partial charge in [-0.3, -0.25) is 10.00 Å². The van der Waals surface area contributed by atoms with Crippen molar-refractivity contribution >= 4 is 11.8 Å². The third kappa shape index (κ3) is 3.14. The normalized spacial score (nSPS) is 10.8. The second kappa shape index (κ2) is 6.57. The summed E-state index contributed by atoms with van der Waals surface area (Å²) in [4.78, 5) is 16.2. The Bertz CT molecular complexity index is 834. The zero-order valence-electron chi connectivity index (χ0n) is 13.7. The fourth-order valence-corrected chi connectivity index (χ4v) is 2.33. The van der Waals surface area contributed by atoms with Crippen LogP contribution in [0.1, 0.15) is 24.0 Å². The van der Waals surface area contributed by atoms with Crippen molar-refractivity contribution in [3.05, 3.63) is 35.5 Å². The Kier molecular flexibility index (Phi) is 4.32. The Morgan fingerprint density at radius 2 is 2.25 bits per heavy atom. The Morgan fingerprint density at radius 1 is 1.42 bits per heavy atom. The van der Waals surface area contributed by atoms with E-state index < -0.39 is 0 Å². The van der Waals surface area contributed by atoms with Gasteiger partial charge in [0.15, 0.2) is 11.6 Å². The predicted molar refractivity (Wildman–Crippen MR) is 85.2 cm³/mol. The number of urea groups is 1. The molecule has 0 atom stereocenters. The fourth-order valence-electron chi connectivity index (χ4n) is 2.33. The average molecular weight is 330 g/mol. The van der Waals surface area contributed by atoms with Gasteiger partial charge >= 0.3 is 6.03 Å². The predicted octanol–water partition coefficient (Wildman–Crippen LogP) is 2.26. The molecule has 0 aromatic carbocycles. The molecular weight excluding hydrogens is 312 g/mol. The van der Waals surface area contributed by atoms with Crippen molar-refractivity contribution in [1.29, 1.82) is 0 Å². The molecule has 0 spiro atoms. The topological polar surface area (TPSA) is 111 Å². The number of hydrogen-bond acceptors (Lipinski definition) is 6. The standard InChI is InChI=1S/C15H18N6O3/c1-4-10-9(2)13(21(3)19-10)18-15(22)16-8-12-17-14(24-20-12)11-6-5-7-23-11/h5-7H,4,8H2,1-3H3,(H2,16,18,22). The molecule has 0 saturated carbocycles. The second-order valence-electron chi connectivity index (χ2n) is 5.20. The van der Waals surface area contributed by atoms with Gasteiger partial charge in [0.2, 0.25) is 0 Å². The summed E-state index contributed by atoms with van der Waals surface area (Å²) in [5.41, 5.74) is 1.91. The van der Waals surface area contributed by atoms with E-state index in [0.717, 1.165) is 17.7 Å². The molecule has 2 amide bonds. The molecule has 3 heterocycles. The van der Waals surface area contributed by atoms with Crippen LogP contribution in [-0.4, -0.2) is 26.0 Å². The van der Waals surface area contributed by atoms with Gasteiger partial charge in [-0.2, -0.15) is 10.1 Å². The van der Waals surface area contributed by atoms with Gasteiger partial charge < -0.3 is 14.3 Å². The van der Waals surface area contributed by atoms with E-state index in [2.05, 4.69) is 25.9 Å². The lowest BCUT2D eigenvalue weighted by molar-refractivity contribution is 0.251. The third-order valence-electron chi connectivity index (χ3n) is 3.56. The Morgan fingerprint density at radius 3 is 2.92 bits per heavy atom. The monoisotopic (exact) mass is 330 g/mol. The lowest BCUT2D eigenvalue weighted by atomic mass is 10.2. The maximum Gasteiger partial charge on any atom is 0.320 e. The molecule has 3 rings (SSSR count). The number of carbonyl (C=O) groups excluding carboxylic acids is 1. The van der Waals surface area contributed by atoms with Gasteiger partial charge in [-0.25, -0.2) is 4.79 Å². The van der Waals surface area contributed by atoms with Crippen LogP contribution in [0.4, 0.5) is 10.6 Å². The van der Waals surface area contributed by atoms with E-state index in [-0.39, 0.29) is 18.5 Å². The average Bonchev–Trinajstić information content (AvgIpc) is 3.29. The molecule has 0 fully saturated rings. The van der Waals surface area contributed by atoms with E-state index in [1.807, 2.05) is 13.8 Å². The molecule has 9 nitrogen and oxygen atoms in total. The van der Waals surface area contributed by atoms with Crippen LogP contribution >= 0.6 is 0 Å². The summed E-state index contributed by atoms with van der Waals surface area (Å²) in [6.07, 6.45) is 2.33. The molecule has 0 aliphatic rings. The smallest absolute Gasteiger partial charge is 0.320 e. The van der Waals surface area contributed by atoms with Crippen molar-refractivity contribution < 1.29 is 13.7 Å². The number of hydrogen-bond donors (Lipinski definition) is 2. The Balaban J connectivity index is 1.59. The highest BCUT2D eigenvalue weighted by Gasteiger charge is 2.15. The fraction of sp³-hybridized carbons (Fsp3) is 0.333. The molecule has 3 aromatic heterocycles. The van der Waals surface area contributed by atoms with Gasteiger partial charge in [-0.15, -0.1) is 0 Å². The molecule has 0 saturated heterocycles. The number of nitrogens with zero attached hydrogens (tertiary/aromatic N) is 4. The number of aryl methyl sites for hydroxylation is 2. The van der Waals surface area contributed by atoms with E-state index >= 15 is 0 Å². The molecule has 2 N–H and O–H groups in total. The van der Waals surface area contributed by atoms with Gasteiger partial charge in [0, 0.05) is 12.6 Å². The number of carbonyl (C=O) groups is 1. The summed E-state index contributed by atoms with van der Waals surface area (Å²) in [5.74, 6) is 1.77. The molecule has 24 heavy (non-hydrogen) atoms. The first kappa shape index (κ1) is 15.8. The Labute approximate surface area is 138 Å². The van der Waals surface area contributed by atoms with Crippen molar-refractivity contribution in [2.45, 2.75) is 26.8 Å². The van der Waals surface area contributed by atoms with Crippen molar-refractivity contribution in [1.82, 2.24) is 25.2 Å². The third-order valence-corrected chi connectivity index (χ3v) is 3.56. The zero-order chi connectivity index (χ0) is 17.1. The minimum atomic E-state index is -0.367. The molecule has 0 unspecified atom stereocenters. The minimum absolute atomic E-state index is 0.133. The first-order valence-corrected chi connectivity index (χ1v) is 7.52. The number of nitrogens with one attached hydrogen (secondary N) is 2. The van der Waals surface area contributed by atoms with Gasteiger partial charge in [0.05, 0.1) is 18.5 Å². The number of anilines is 1. The van der Waals surface area contributed by atoms with Crippen molar-refractivity contribution in [3.63, 3.8) is 0 Å². The van der Waals surface area contributed by atoms with Crippen LogP contribution in [0.25, 0.3) is 11.7 Å². The lowest BCUT2D eigenvalue weighted by Gasteiger charge is -2.07. The maximum atomic E-state index is 12.1. The summed E-state index contributed by atoms with van der Waals surface area (Å²) in [5, 5.41) is 13.6. The highest BCUT2D eigenvalue weighted by atomic mass is 16.5. The van der Waals surface area contributed by atoms with Crippen LogP contribution in [0.2, 0.25) is 0 Å². The van der Waals surface area contributed by atoms with Crippen molar-refractivity contribution in [2.75, 3.05) is 5.32 Å². The van der Waals surface area contributed by atoms with E-state index in [1.54, 1.807) is 23.9 Å². The molecule has 0 aliphatic heterocycles. The number of aromatic nitrogens is 4. The highest BCUT2D eigenvalue weighted by molar-refractivity contribution is 5.89. The zero-order valence-corrected chi connectivity index (χ0v) is 13.7. The summed E-state index contributed by atoms with van der Waals surface area (Å²) < 4.78 is 11.9. The first-order chi connectivity index (χ1) is 11.6. The Hall–Kier alpha value is -3.10. The minimum Gasteiger partial charge on any atom is -0.459 e. The number of furan rings is 1. The van der Waals surface area contributed by atoms with E-state index in [9.17, 15) is 4.79 Å². The molecule has 126 valence electrons. The lowest BCUT2D eigenvalue weighted by Crippen LogP contribution is -2.29. The van der Waals surface area contributed by atoms with E-state index in [1.165, 1.54) is 6.26 Å². The molecule has 0 radical (unpaired) electrons. The second-order valence-corrected chi connectivity index (χ2v) is 5.20. The van der Waals surface area contributed by atoms with E-state index in [4.69, 9.17) is 8.94 Å². The van der Waals surface area contributed by atoms with Crippen LogP contribution in [0.5, 0.6) is 0 Å². The van der Waals surface area contributed by atoms with Crippen LogP contribution < -0.4 is 10.6 Å². The SMILES string of the molecule is CCc1nn(C)c(NC(=O)NCc2noc(-c3ccco3)n2)c1C. The maximum absolute atomic E-state index is 12.1. The summed E-state index contributed by atoms with van der Waals surface area (Å²) in [7, 11) is 1.79. The number of amides is 2. The van der Waals surface area contributed by atoms with Crippen LogP contribution in [0.15, 0.2) is 27.3 Å². The van der Waals surface area contributed by atoms with Crippen molar-refractivity contribution in [2.24, 2.45) is 7.05 Å². The quantitative estimate of drug-likeness (QED) is 0.742. The van der Waals surface area contributed by atoms with Crippen LogP contribution in [0.3, 0.4) is 0 Å². The van der Waals surface area contributed by atoms with Gasteiger partial charge in [0.1, 0.15) is 5.82 Å². The van der Waals surface area contributed by atoms with Gasteiger partial charge in [-0.1, -0.05) is 12.1 Å². The molecule has 0 bridgehead atoms. The largest absolute Gasteiger partial charge is 0.459 e. The van der Waals surface area contributed by atoms with Crippen LogP contribution in [0, 0.1) is 6.92 Å². The molecular formula is C15H18N6O3. The summed E-state index contributed by atoms with van der Waals surface area (Å²) >= 11 is 0. The summed E-state index contributed by atoms with van der Waals surface area (Å²) in [6, 6.07) is 3.08. The van der Waals surface area contributed by atoms with E-state index in [0.29, 0.717) is 17.4 Å². The van der Waals surface area contributed by atoms with Crippen molar-refractivity contribution in [3.8, 4) is 11.7 Å². The molecule has 9 heteroatoms.